The van der Waals surface area contributed by atoms with Crippen molar-refractivity contribution in [3.63, 3.8) is 0 Å². The van der Waals surface area contributed by atoms with Crippen molar-refractivity contribution in [2.45, 2.75) is 26.8 Å². The molecule has 0 aliphatic carbocycles. The second-order valence-electron chi connectivity index (χ2n) is 4.11. The maximum atomic E-state index is 11.1. The fourth-order valence-electron chi connectivity index (χ4n) is 1.93. The number of hydrogen-bond donors (Lipinski definition) is 2. The van der Waals surface area contributed by atoms with Crippen LogP contribution in [0, 0.1) is 17.0 Å². The molecule has 0 unspecified atom stereocenters. The SMILES string of the molecule is CCn1nc(C)c([N+](=O)[O-])c1NCCc1cnc[nH]1. The number of rotatable bonds is 6. The summed E-state index contributed by atoms with van der Waals surface area (Å²) < 4.78 is 1.61. The molecule has 0 aliphatic rings. The molecule has 2 heterocycles. The average Bonchev–Trinajstić information content (AvgIpc) is 2.97. The number of aryl methyl sites for hydroxylation is 2. The Balaban J connectivity index is 2.12. The molecule has 0 atom stereocenters. The topological polar surface area (TPSA) is 102 Å². The van der Waals surface area contributed by atoms with Crippen LogP contribution in [0.2, 0.25) is 0 Å². The summed E-state index contributed by atoms with van der Waals surface area (Å²) in [6.07, 6.45) is 4.06. The van der Waals surface area contributed by atoms with Crippen LogP contribution in [-0.2, 0) is 13.0 Å². The summed E-state index contributed by atoms with van der Waals surface area (Å²) >= 11 is 0. The molecule has 2 rings (SSSR count). The molecule has 8 nitrogen and oxygen atoms in total. The maximum Gasteiger partial charge on any atom is 0.333 e. The Kier molecular flexibility index (Phi) is 3.79. The Morgan fingerprint density at radius 1 is 1.58 bits per heavy atom. The van der Waals surface area contributed by atoms with E-state index in [4.69, 9.17) is 0 Å². The van der Waals surface area contributed by atoms with Crippen LogP contribution >= 0.6 is 0 Å². The molecule has 0 saturated carbocycles. The number of aromatic amines is 1. The summed E-state index contributed by atoms with van der Waals surface area (Å²) in [6.45, 7) is 4.70. The first kappa shape index (κ1) is 13.1. The van der Waals surface area contributed by atoms with Gasteiger partial charge in [0.05, 0.1) is 11.3 Å². The van der Waals surface area contributed by atoms with Gasteiger partial charge in [0.2, 0.25) is 5.82 Å². The lowest BCUT2D eigenvalue weighted by atomic mass is 10.3. The second kappa shape index (κ2) is 5.51. The van der Waals surface area contributed by atoms with Crippen LogP contribution in [0.5, 0.6) is 0 Å². The minimum atomic E-state index is -0.396. The van der Waals surface area contributed by atoms with Crippen LogP contribution in [0.25, 0.3) is 0 Å². The lowest BCUT2D eigenvalue weighted by Gasteiger charge is -2.06. The highest BCUT2D eigenvalue weighted by molar-refractivity contribution is 5.59. The van der Waals surface area contributed by atoms with Gasteiger partial charge in [0.1, 0.15) is 5.69 Å². The minimum Gasteiger partial charge on any atom is -0.364 e. The molecule has 8 heteroatoms. The molecule has 0 amide bonds. The van der Waals surface area contributed by atoms with Gasteiger partial charge in [-0.1, -0.05) is 0 Å². The summed E-state index contributed by atoms with van der Waals surface area (Å²) in [5, 5.41) is 18.3. The van der Waals surface area contributed by atoms with Crippen molar-refractivity contribution in [2.75, 3.05) is 11.9 Å². The highest BCUT2D eigenvalue weighted by Gasteiger charge is 2.24. The van der Waals surface area contributed by atoms with E-state index in [1.807, 2.05) is 6.92 Å². The van der Waals surface area contributed by atoms with Crippen LogP contribution < -0.4 is 5.32 Å². The first-order valence-corrected chi connectivity index (χ1v) is 6.06. The smallest absolute Gasteiger partial charge is 0.333 e. The van der Waals surface area contributed by atoms with Crippen molar-refractivity contribution in [2.24, 2.45) is 0 Å². The molecule has 0 bridgehead atoms. The summed E-state index contributed by atoms with van der Waals surface area (Å²) in [5.41, 5.74) is 1.46. The molecular weight excluding hydrogens is 248 g/mol. The van der Waals surface area contributed by atoms with Gasteiger partial charge in [-0.05, 0) is 13.8 Å². The van der Waals surface area contributed by atoms with Crippen molar-refractivity contribution in [3.8, 4) is 0 Å². The number of hydrogen-bond acceptors (Lipinski definition) is 5. The molecule has 0 radical (unpaired) electrons. The van der Waals surface area contributed by atoms with E-state index < -0.39 is 4.92 Å². The fraction of sp³-hybridized carbons (Fsp3) is 0.455. The molecule has 0 saturated heterocycles. The molecule has 2 N–H and O–H groups in total. The van der Waals surface area contributed by atoms with Crippen molar-refractivity contribution in [1.82, 2.24) is 19.7 Å². The number of aromatic nitrogens is 4. The van der Waals surface area contributed by atoms with E-state index in [0.717, 1.165) is 5.69 Å². The monoisotopic (exact) mass is 264 g/mol. The average molecular weight is 264 g/mol. The molecule has 2 aromatic rings. The highest BCUT2D eigenvalue weighted by Crippen LogP contribution is 2.27. The van der Waals surface area contributed by atoms with Gasteiger partial charge in [0.15, 0.2) is 0 Å². The van der Waals surface area contributed by atoms with Crippen molar-refractivity contribution >= 4 is 11.5 Å². The van der Waals surface area contributed by atoms with Crippen LogP contribution in [0.4, 0.5) is 11.5 Å². The summed E-state index contributed by atoms with van der Waals surface area (Å²) in [6, 6.07) is 0. The molecule has 0 aliphatic heterocycles. The first-order chi connectivity index (χ1) is 9.13. The van der Waals surface area contributed by atoms with Gasteiger partial charge < -0.3 is 10.3 Å². The van der Waals surface area contributed by atoms with Crippen LogP contribution in [0.1, 0.15) is 18.3 Å². The minimum absolute atomic E-state index is 0.0476. The number of nitro groups is 1. The largest absolute Gasteiger partial charge is 0.364 e. The zero-order valence-electron chi connectivity index (χ0n) is 10.9. The summed E-state index contributed by atoms with van der Waals surface area (Å²) in [4.78, 5) is 17.6. The lowest BCUT2D eigenvalue weighted by molar-refractivity contribution is -0.384. The Morgan fingerprint density at radius 2 is 2.37 bits per heavy atom. The van der Waals surface area contributed by atoms with E-state index in [0.29, 0.717) is 31.0 Å². The Morgan fingerprint density at radius 3 is 2.95 bits per heavy atom. The van der Waals surface area contributed by atoms with E-state index in [-0.39, 0.29) is 5.69 Å². The van der Waals surface area contributed by atoms with Gasteiger partial charge in [0, 0.05) is 31.4 Å². The molecule has 2 aromatic heterocycles. The zero-order valence-corrected chi connectivity index (χ0v) is 10.9. The van der Waals surface area contributed by atoms with Crippen LogP contribution in [0.3, 0.4) is 0 Å². The Hall–Kier alpha value is -2.38. The third-order valence-corrected chi connectivity index (χ3v) is 2.82. The molecule has 0 aromatic carbocycles. The number of anilines is 1. The van der Waals surface area contributed by atoms with E-state index in [1.165, 1.54) is 0 Å². The van der Waals surface area contributed by atoms with Gasteiger partial charge in [-0.3, -0.25) is 10.1 Å². The van der Waals surface area contributed by atoms with Crippen molar-refractivity contribution in [3.05, 3.63) is 34.0 Å². The molecule has 102 valence electrons. The van der Waals surface area contributed by atoms with E-state index >= 15 is 0 Å². The van der Waals surface area contributed by atoms with E-state index in [9.17, 15) is 10.1 Å². The number of nitrogens with one attached hydrogen (secondary N) is 2. The van der Waals surface area contributed by atoms with E-state index in [1.54, 1.807) is 24.1 Å². The van der Waals surface area contributed by atoms with Gasteiger partial charge in [0.25, 0.3) is 0 Å². The molecule has 0 spiro atoms. The first-order valence-electron chi connectivity index (χ1n) is 6.06. The normalized spacial score (nSPS) is 10.6. The van der Waals surface area contributed by atoms with Gasteiger partial charge in [-0.25, -0.2) is 9.67 Å². The Labute approximate surface area is 110 Å². The van der Waals surface area contributed by atoms with Crippen molar-refractivity contribution < 1.29 is 4.92 Å². The van der Waals surface area contributed by atoms with Gasteiger partial charge in [-0.2, -0.15) is 5.10 Å². The Bertz CT molecular complexity index is 560. The third kappa shape index (κ3) is 2.72. The number of imidazole rings is 1. The molecule has 19 heavy (non-hydrogen) atoms. The highest BCUT2D eigenvalue weighted by atomic mass is 16.6. The predicted molar refractivity (Wildman–Crippen MR) is 70.1 cm³/mol. The predicted octanol–water partition coefficient (Wildman–Crippen LogP) is 1.50. The second-order valence-corrected chi connectivity index (χ2v) is 4.11. The molecular formula is C11H16N6O2. The fourth-order valence-corrected chi connectivity index (χ4v) is 1.93. The lowest BCUT2D eigenvalue weighted by Crippen LogP contribution is -2.11. The van der Waals surface area contributed by atoms with Crippen molar-refractivity contribution in [1.29, 1.82) is 0 Å². The maximum absolute atomic E-state index is 11.1. The van der Waals surface area contributed by atoms with Crippen LogP contribution in [0.15, 0.2) is 12.5 Å². The van der Waals surface area contributed by atoms with Crippen LogP contribution in [-0.4, -0.2) is 31.2 Å². The standard InChI is InChI=1S/C11H16N6O2/c1-3-16-11(10(17(18)19)8(2)15-16)13-5-4-9-6-12-7-14-9/h6-7,13H,3-5H2,1-2H3,(H,12,14). The zero-order chi connectivity index (χ0) is 13.8. The van der Waals surface area contributed by atoms with Gasteiger partial charge >= 0.3 is 5.69 Å². The summed E-state index contributed by atoms with van der Waals surface area (Å²) in [7, 11) is 0. The number of H-pyrrole nitrogens is 1. The van der Waals surface area contributed by atoms with Gasteiger partial charge in [-0.15, -0.1) is 0 Å². The third-order valence-electron chi connectivity index (χ3n) is 2.82. The number of nitrogens with zero attached hydrogens (tertiary/aromatic N) is 4. The molecule has 0 fully saturated rings. The quantitative estimate of drug-likeness (QED) is 0.608. The summed E-state index contributed by atoms with van der Waals surface area (Å²) in [5.74, 6) is 0.463. The van der Waals surface area contributed by atoms with E-state index in [2.05, 4.69) is 20.4 Å².